The molecule has 0 radical (unpaired) electrons. The lowest BCUT2D eigenvalue weighted by Gasteiger charge is -2.45. The molecule has 244 valence electrons. The quantitative estimate of drug-likeness (QED) is 0.353. The maximum Gasteiger partial charge on any atom is 0.509 e. The van der Waals surface area contributed by atoms with Crippen LogP contribution in [0, 0.1) is 17.8 Å². The van der Waals surface area contributed by atoms with Crippen molar-refractivity contribution in [2.75, 3.05) is 14.2 Å². The van der Waals surface area contributed by atoms with Gasteiger partial charge in [0, 0.05) is 44.9 Å². The van der Waals surface area contributed by atoms with E-state index in [1.54, 1.807) is 34.6 Å². The van der Waals surface area contributed by atoms with E-state index in [0.717, 1.165) is 0 Å². The molecule has 0 aromatic carbocycles. The molecule has 0 aromatic heterocycles. The lowest BCUT2D eigenvalue weighted by molar-refractivity contribution is -0.262. The highest BCUT2D eigenvalue weighted by atomic mass is 16.8. The molecule has 0 aromatic rings. The molecule has 0 saturated carbocycles. The summed E-state index contributed by atoms with van der Waals surface area (Å²) in [6.07, 6.45) is -5.40. The second-order valence-electron chi connectivity index (χ2n) is 12.6. The predicted molar refractivity (Wildman–Crippen MR) is 150 cm³/mol. The highest BCUT2D eigenvalue weighted by Gasteiger charge is 2.56. The van der Waals surface area contributed by atoms with Crippen molar-refractivity contribution in [2.24, 2.45) is 17.8 Å². The van der Waals surface area contributed by atoms with E-state index in [1.807, 2.05) is 6.92 Å². The monoisotopic (exact) mass is 613 g/mol. The standard InChI is InChI=1S/C30H47NO12/c1-10-21-30(7)22(41-28(37)43-30)13-20(32)15(2)14-29(6,38-9)25(17(4)24(33)18(5)26(34)40-21)42-23-12-19(11-16(3)39-23)31(8)27(35)36/h15-19,21-23,25H,10-14H2,1-9H3,(H,35,36)/t15-,16-,17+,18-,19+,21-,22-,23+,25-,29-,30-/m1/s1. The predicted octanol–water partition coefficient (Wildman–Crippen LogP) is 3.74. The minimum Gasteiger partial charge on any atom is -0.465 e. The zero-order valence-electron chi connectivity index (χ0n) is 26.6. The van der Waals surface area contributed by atoms with E-state index in [-0.39, 0.29) is 37.6 Å². The van der Waals surface area contributed by atoms with Crippen molar-refractivity contribution >= 4 is 29.8 Å². The molecule has 3 fully saturated rings. The molecule has 43 heavy (non-hydrogen) atoms. The summed E-state index contributed by atoms with van der Waals surface area (Å²) >= 11 is 0. The molecule has 3 rings (SSSR count). The van der Waals surface area contributed by atoms with Crippen molar-refractivity contribution in [3.63, 3.8) is 0 Å². The zero-order valence-corrected chi connectivity index (χ0v) is 26.6. The highest BCUT2D eigenvalue weighted by molar-refractivity contribution is 6.00. The van der Waals surface area contributed by atoms with Gasteiger partial charge in [0.15, 0.2) is 23.8 Å². The molecule has 3 aliphatic heterocycles. The normalized spacial score (nSPS) is 41.4. The fraction of sp³-hybridized carbons (Fsp3) is 0.833. The van der Waals surface area contributed by atoms with E-state index in [1.165, 1.54) is 26.0 Å². The molecule has 0 unspecified atom stereocenters. The Bertz CT molecular complexity index is 1080. The lowest BCUT2D eigenvalue weighted by atomic mass is 9.76. The van der Waals surface area contributed by atoms with Crippen LogP contribution in [0.3, 0.4) is 0 Å². The summed E-state index contributed by atoms with van der Waals surface area (Å²) in [5, 5.41) is 9.55. The maximum absolute atomic E-state index is 13.9. The Kier molecular flexibility index (Phi) is 10.9. The van der Waals surface area contributed by atoms with Crippen LogP contribution in [0.4, 0.5) is 9.59 Å². The van der Waals surface area contributed by atoms with Gasteiger partial charge in [-0.15, -0.1) is 0 Å². The second-order valence-corrected chi connectivity index (χ2v) is 12.6. The number of rotatable bonds is 5. The maximum atomic E-state index is 13.9. The van der Waals surface area contributed by atoms with Gasteiger partial charge in [0.25, 0.3) is 0 Å². The van der Waals surface area contributed by atoms with Gasteiger partial charge >= 0.3 is 18.2 Å². The number of hydrogen-bond donors (Lipinski definition) is 1. The van der Waals surface area contributed by atoms with E-state index in [4.69, 9.17) is 28.4 Å². The van der Waals surface area contributed by atoms with E-state index in [9.17, 15) is 29.1 Å². The Balaban J connectivity index is 2.02. The number of carbonyl (C=O) groups excluding carboxylic acids is 4. The van der Waals surface area contributed by atoms with Crippen molar-refractivity contribution in [1.29, 1.82) is 0 Å². The van der Waals surface area contributed by atoms with Crippen LogP contribution in [0.15, 0.2) is 0 Å². The Morgan fingerprint density at radius 1 is 1.07 bits per heavy atom. The average Bonchev–Trinajstić information content (AvgIpc) is 3.24. The lowest BCUT2D eigenvalue weighted by Crippen LogP contribution is -2.56. The first kappa shape index (κ1) is 34.7. The summed E-state index contributed by atoms with van der Waals surface area (Å²) in [6.45, 7) is 11.6. The molecule has 0 aliphatic carbocycles. The van der Waals surface area contributed by atoms with Crippen LogP contribution in [0.5, 0.6) is 0 Å². The smallest absolute Gasteiger partial charge is 0.465 e. The Hall–Kier alpha value is -2.77. The van der Waals surface area contributed by atoms with Gasteiger partial charge < -0.3 is 38.4 Å². The van der Waals surface area contributed by atoms with E-state index < -0.39 is 83.6 Å². The third-order valence-corrected chi connectivity index (χ3v) is 9.45. The van der Waals surface area contributed by atoms with Crippen LogP contribution in [0.2, 0.25) is 0 Å². The molecule has 0 bridgehead atoms. The summed E-state index contributed by atoms with van der Waals surface area (Å²) in [7, 11) is 2.93. The van der Waals surface area contributed by atoms with Gasteiger partial charge in [-0.2, -0.15) is 0 Å². The van der Waals surface area contributed by atoms with Gasteiger partial charge in [-0.3, -0.25) is 14.4 Å². The van der Waals surface area contributed by atoms with E-state index in [0.29, 0.717) is 6.42 Å². The summed E-state index contributed by atoms with van der Waals surface area (Å²) in [5.74, 6) is -4.30. The van der Waals surface area contributed by atoms with Crippen LogP contribution < -0.4 is 0 Å². The number of amides is 1. The van der Waals surface area contributed by atoms with Crippen molar-refractivity contribution in [1.82, 2.24) is 4.90 Å². The number of esters is 1. The van der Waals surface area contributed by atoms with E-state index in [2.05, 4.69) is 0 Å². The van der Waals surface area contributed by atoms with E-state index >= 15 is 0 Å². The number of cyclic esters (lactones) is 1. The third-order valence-electron chi connectivity index (χ3n) is 9.45. The Morgan fingerprint density at radius 3 is 2.30 bits per heavy atom. The number of ether oxygens (including phenoxy) is 6. The van der Waals surface area contributed by atoms with Gasteiger partial charge in [0.2, 0.25) is 0 Å². The number of hydrogen-bond acceptors (Lipinski definition) is 11. The van der Waals surface area contributed by atoms with Gasteiger partial charge in [0.1, 0.15) is 17.8 Å². The van der Waals surface area contributed by atoms with Crippen LogP contribution in [0.1, 0.15) is 80.6 Å². The number of methoxy groups -OCH3 is 1. The molecular formula is C30H47NO12. The fourth-order valence-corrected chi connectivity index (χ4v) is 6.53. The molecular weight excluding hydrogens is 566 g/mol. The molecule has 0 spiro atoms. The number of nitrogens with zero attached hydrogens (tertiary/aromatic N) is 1. The van der Waals surface area contributed by atoms with Crippen LogP contribution in [-0.4, -0.2) is 102 Å². The van der Waals surface area contributed by atoms with Gasteiger partial charge in [-0.05, 0) is 47.0 Å². The molecule has 1 N–H and O–H groups in total. The van der Waals surface area contributed by atoms with Gasteiger partial charge in [-0.25, -0.2) is 9.59 Å². The van der Waals surface area contributed by atoms with Crippen molar-refractivity contribution < 1.29 is 57.5 Å². The molecule has 3 saturated heterocycles. The molecule has 3 aliphatic rings. The summed E-state index contributed by atoms with van der Waals surface area (Å²) in [4.78, 5) is 65.9. The number of fused-ring (bicyclic) bond motifs is 1. The molecule has 13 nitrogen and oxygen atoms in total. The van der Waals surface area contributed by atoms with Crippen molar-refractivity contribution in [3.05, 3.63) is 0 Å². The van der Waals surface area contributed by atoms with Gasteiger partial charge in [0.05, 0.1) is 17.8 Å². The molecule has 11 atom stereocenters. The number of carbonyl (C=O) groups is 5. The zero-order chi connectivity index (χ0) is 32.4. The SMILES string of the molecule is CC[C@H]1OC(=O)[C@H](C)C(=O)[C@H](C)[C@@H](O[C@H]2C[C@@H](N(C)C(=O)O)C[C@@H](C)O2)[C@](C)(OC)C[C@@H](C)C(=O)C[C@H]2OC(=O)O[C@@]21C. The van der Waals surface area contributed by atoms with Crippen LogP contribution >= 0.6 is 0 Å². The minimum absolute atomic E-state index is 0.125. The summed E-state index contributed by atoms with van der Waals surface area (Å²) in [6, 6.07) is -0.393. The topological polar surface area (TPSA) is 164 Å². The first-order chi connectivity index (χ1) is 20.0. The molecule has 3 heterocycles. The summed E-state index contributed by atoms with van der Waals surface area (Å²) < 4.78 is 35.1. The second kappa shape index (κ2) is 13.5. The molecule has 13 heteroatoms. The van der Waals surface area contributed by atoms with Crippen LogP contribution in [-0.2, 0) is 42.8 Å². The van der Waals surface area contributed by atoms with Gasteiger partial charge in [-0.1, -0.05) is 20.8 Å². The average molecular weight is 614 g/mol. The number of carboxylic acid groups (broad SMARTS) is 1. The number of Topliss-reactive ketones (excluding diaryl/α,β-unsaturated/α-hetero) is 2. The number of ketones is 2. The minimum atomic E-state index is -1.43. The third kappa shape index (κ3) is 7.31. The molecule has 1 amide bonds. The first-order valence-electron chi connectivity index (χ1n) is 15.0. The Morgan fingerprint density at radius 2 is 1.72 bits per heavy atom. The Labute approximate surface area is 252 Å². The van der Waals surface area contributed by atoms with Crippen LogP contribution in [0.25, 0.3) is 0 Å². The summed E-state index contributed by atoms with van der Waals surface area (Å²) in [5.41, 5.74) is -2.66. The first-order valence-corrected chi connectivity index (χ1v) is 15.0. The van der Waals surface area contributed by atoms with Crippen molar-refractivity contribution in [3.8, 4) is 0 Å². The largest absolute Gasteiger partial charge is 0.509 e. The highest BCUT2D eigenvalue weighted by Crippen LogP contribution is 2.40. The fourth-order valence-electron chi connectivity index (χ4n) is 6.53. The van der Waals surface area contributed by atoms with Crippen molar-refractivity contribution in [2.45, 2.75) is 129 Å².